The molecular formula is C18H21N5O2. The molecule has 1 aromatic carbocycles. The first-order chi connectivity index (χ1) is 12.1. The molecule has 2 aromatic rings. The van der Waals surface area contributed by atoms with Gasteiger partial charge in [-0.05, 0) is 37.9 Å². The fourth-order valence-corrected chi connectivity index (χ4v) is 3.84. The summed E-state index contributed by atoms with van der Waals surface area (Å²) >= 11 is 0. The third-order valence-electron chi connectivity index (χ3n) is 5.11. The Morgan fingerprint density at radius 3 is 2.64 bits per heavy atom. The minimum absolute atomic E-state index is 0.117. The highest BCUT2D eigenvalue weighted by Gasteiger charge is 2.44. The monoisotopic (exact) mass is 339 g/mol. The SMILES string of the molecule is Cc1ccccc1N1C(=O)CC(N2CCCC(n3nccn3)C2)C1=O. The Kier molecular flexibility index (Phi) is 4.09. The summed E-state index contributed by atoms with van der Waals surface area (Å²) < 4.78 is 0. The Bertz CT molecular complexity index is 789. The third-order valence-corrected chi connectivity index (χ3v) is 5.11. The molecule has 2 aliphatic heterocycles. The first-order valence-electron chi connectivity index (χ1n) is 8.67. The lowest BCUT2D eigenvalue weighted by molar-refractivity contribution is -0.123. The van der Waals surface area contributed by atoms with Gasteiger partial charge in [0.2, 0.25) is 5.91 Å². The van der Waals surface area contributed by atoms with Crippen molar-refractivity contribution in [1.82, 2.24) is 19.9 Å². The van der Waals surface area contributed by atoms with Crippen molar-refractivity contribution in [1.29, 1.82) is 0 Å². The molecule has 2 saturated heterocycles. The van der Waals surface area contributed by atoms with Gasteiger partial charge in [-0.2, -0.15) is 15.0 Å². The molecule has 0 N–H and O–H groups in total. The molecule has 2 fully saturated rings. The minimum Gasteiger partial charge on any atom is -0.289 e. The molecule has 3 heterocycles. The Hall–Kier alpha value is -2.54. The molecule has 7 nitrogen and oxygen atoms in total. The van der Waals surface area contributed by atoms with Crippen LogP contribution in [0.25, 0.3) is 0 Å². The van der Waals surface area contributed by atoms with E-state index in [4.69, 9.17) is 0 Å². The lowest BCUT2D eigenvalue weighted by Gasteiger charge is -2.35. The van der Waals surface area contributed by atoms with Crippen LogP contribution in [0.5, 0.6) is 0 Å². The Morgan fingerprint density at radius 2 is 1.88 bits per heavy atom. The van der Waals surface area contributed by atoms with E-state index in [1.165, 1.54) is 4.90 Å². The molecule has 2 amide bonds. The van der Waals surface area contributed by atoms with Crippen LogP contribution in [0.3, 0.4) is 0 Å². The van der Waals surface area contributed by atoms with E-state index in [1.54, 1.807) is 17.2 Å². The molecule has 2 atom stereocenters. The number of imide groups is 1. The van der Waals surface area contributed by atoms with Crippen LogP contribution in [0.15, 0.2) is 36.7 Å². The molecule has 4 rings (SSSR count). The molecule has 0 saturated carbocycles. The molecule has 0 radical (unpaired) electrons. The predicted octanol–water partition coefficient (Wildman–Crippen LogP) is 1.56. The van der Waals surface area contributed by atoms with Gasteiger partial charge in [0.05, 0.1) is 36.6 Å². The van der Waals surface area contributed by atoms with E-state index >= 15 is 0 Å². The maximum absolute atomic E-state index is 13.0. The number of likely N-dealkylation sites (tertiary alicyclic amines) is 1. The maximum Gasteiger partial charge on any atom is 0.251 e. The zero-order valence-electron chi connectivity index (χ0n) is 14.2. The number of anilines is 1. The first-order valence-corrected chi connectivity index (χ1v) is 8.67. The van der Waals surface area contributed by atoms with Gasteiger partial charge in [0.15, 0.2) is 0 Å². The maximum atomic E-state index is 13.0. The van der Waals surface area contributed by atoms with Gasteiger partial charge >= 0.3 is 0 Å². The standard InChI is InChI=1S/C18H21N5O2/c1-13-5-2-3-7-15(13)22-17(24)11-16(18(22)25)21-10-4-6-14(12-21)23-19-8-9-20-23/h2-3,5,7-9,14,16H,4,6,10-12H2,1H3. The van der Waals surface area contributed by atoms with E-state index < -0.39 is 0 Å². The van der Waals surface area contributed by atoms with Crippen LogP contribution in [0.2, 0.25) is 0 Å². The summed E-state index contributed by atoms with van der Waals surface area (Å²) in [6.45, 7) is 3.44. The smallest absolute Gasteiger partial charge is 0.251 e. The molecule has 2 unspecified atom stereocenters. The number of amides is 2. The molecule has 2 aliphatic rings. The number of aryl methyl sites for hydroxylation is 1. The fourth-order valence-electron chi connectivity index (χ4n) is 3.84. The first kappa shape index (κ1) is 16.0. The van der Waals surface area contributed by atoms with Gasteiger partial charge in [0.25, 0.3) is 5.91 Å². The van der Waals surface area contributed by atoms with Gasteiger partial charge in [0, 0.05) is 6.54 Å². The number of hydrogen-bond acceptors (Lipinski definition) is 5. The van der Waals surface area contributed by atoms with Crippen molar-refractivity contribution in [2.45, 2.75) is 38.3 Å². The molecular weight excluding hydrogens is 318 g/mol. The number of piperidine rings is 1. The van der Waals surface area contributed by atoms with E-state index in [0.29, 0.717) is 12.2 Å². The average molecular weight is 339 g/mol. The third kappa shape index (κ3) is 2.84. The molecule has 25 heavy (non-hydrogen) atoms. The van der Waals surface area contributed by atoms with Crippen molar-refractivity contribution in [3.05, 3.63) is 42.2 Å². The van der Waals surface area contributed by atoms with Crippen LogP contribution in [-0.2, 0) is 9.59 Å². The van der Waals surface area contributed by atoms with E-state index in [9.17, 15) is 9.59 Å². The van der Waals surface area contributed by atoms with E-state index in [-0.39, 0.29) is 30.3 Å². The van der Waals surface area contributed by atoms with Crippen LogP contribution >= 0.6 is 0 Å². The number of para-hydroxylation sites is 1. The molecule has 0 bridgehead atoms. The van der Waals surface area contributed by atoms with Gasteiger partial charge in [-0.15, -0.1) is 0 Å². The lowest BCUT2D eigenvalue weighted by atomic mass is 10.0. The number of nitrogens with zero attached hydrogens (tertiary/aromatic N) is 5. The fraction of sp³-hybridized carbons (Fsp3) is 0.444. The molecule has 1 aromatic heterocycles. The van der Waals surface area contributed by atoms with Crippen LogP contribution in [0.4, 0.5) is 5.69 Å². The Balaban J connectivity index is 1.55. The molecule has 0 spiro atoms. The molecule has 130 valence electrons. The highest BCUT2D eigenvalue weighted by atomic mass is 16.2. The topological polar surface area (TPSA) is 71.3 Å². The zero-order chi connectivity index (χ0) is 17.4. The van der Waals surface area contributed by atoms with Crippen LogP contribution < -0.4 is 4.90 Å². The van der Waals surface area contributed by atoms with Crippen molar-refractivity contribution >= 4 is 17.5 Å². The second-order valence-corrected chi connectivity index (χ2v) is 6.71. The van der Waals surface area contributed by atoms with Crippen LogP contribution in [-0.4, -0.2) is 50.8 Å². The number of rotatable bonds is 3. The highest BCUT2D eigenvalue weighted by molar-refractivity contribution is 6.22. The normalized spacial score (nSPS) is 24.9. The number of benzene rings is 1. The van der Waals surface area contributed by atoms with Gasteiger partial charge in [-0.3, -0.25) is 14.5 Å². The summed E-state index contributed by atoms with van der Waals surface area (Å²) in [6, 6.07) is 7.29. The van der Waals surface area contributed by atoms with Gasteiger partial charge in [-0.1, -0.05) is 18.2 Å². The summed E-state index contributed by atoms with van der Waals surface area (Å²) in [5, 5.41) is 8.45. The van der Waals surface area contributed by atoms with Crippen molar-refractivity contribution < 1.29 is 9.59 Å². The quantitative estimate of drug-likeness (QED) is 0.794. The van der Waals surface area contributed by atoms with Crippen molar-refractivity contribution in [2.75, 3.05) is 18.0 Å². The van der Waals surface area contributed by atoms with Crippen LogP contribution in [0, 0.1) is 6.92 Å². The van der Waals surface area contributed by atoms with Crippen molar-refractivity contribution in [2.24, 2.45) is 0 Å². The molecule has 7 heteroatoms. The number of aromatic nitrogens is 3. The molecule has 0 aliphatic carbocycles. The largest absolute Gasteiger partial charge is 0.289 e. The summed E-state index contributed by atoms with van der Waals surface area (Å²) in [5.41, 5.74) is 1.63. The highest BCUT2D eigenvalue weighted by Crippen LogP contribution is 2.30. The van der Waals surface area contributed by atoms with Crippen LogP contribution in [0.1, 0.15) is 30.9 Å². The Morgan fingerprint density at radius 1 is 1.12 bits per heavy atom. The predicted molar refractivity (Wildman–Crippen MR) is 91.9 cm³/mol. The summed E-state index contributed by atoms with van der Waals surface area (Å²) in [6.07, 6.45) is 5.54. The van der Waals surface area contributed by atoms with Crippen molar-refractivity contribution in [3.63, 3.8) is 0 Å². The summed E-state index contributed by atoms with van der Waals surface area (Å²) in [4.78, 5) is 30.7. The average Bonchev–Trinajstić information content (AvgIpc) is 3.25. The second-order valence-electron chi connectivity index (χ2n) is 6.71. The van der Waals surface area contributed by atoms with Crippen molar-refractivity contribution in [3.8, 4) is 0 Å². The zero-order valence-corrected chi connectivity index (χ0v) is 14.2. The van der Waals surface area contributed by atoms with E-state index in [0.717, 1.165) is 24.9 Å². The number of hydrogen-bond donors (Lipinski definition) is 0. The van der Waals surface area contributed by atoms with Gasteiger partial charge < -0.3 is 0 Å². The minimum atomic E-state index is -0.384. The van der Waals surface area contributed by atoms with E-state index in [2.05, 4.69) is 15.1 Å². The summed E-state index contributed by atoms with van der Waals surface area (Å²) in [5.74, 6) is -0.239. The Labute approximate surface area is 146 Å². The van der Waals surface area contributed by atoms with Gasteiger partial charge in [0.1, 0.15) is 0 Å². The van der Waals surface area contributed by atoms with Gasteiger partial charge in [-0.25, -0.2) is 4.90 Å². The number of carbonyl (C=O) groups excluding carboxylic acids is 2. The lowest BCUT2D eigenvalue weighted by Crippen LogP contribution is -2.47. The number of carbonyl (C=O) groups is 2. The van der Waals surface area contributed by atoms with E-state index in [1.807, 2.05) is 31.2 Å². The summed E-state index contributed by atoms with van der Waals surface area (Å²) in [7, 11) is 0. The second kappa shape index (κ2) is 6.40.